The third-order valence-electron chi connectivity index (χ3n) is 1.82. The number of hydrogen-bond acceptors (Lipinski definition) is 5. The van der Waals surface area contributed by atoms with E-state index in [9.17, 15) is 0 Å². The Balaban J connectivity index is 2.12. The molecule has 16 heavy (non-hydrogen) atoms. The summed E-state index contributed by atoms with van der Waals surface area (Å²) < 4.78 is 5.51. The predicted molar refractivity (Wildman–Crippen MR) is 60.5 cm³/mol. The summed E-state index contributed by atoms with van der Waals surface area (Å²) in [5.41, 5.74) is 0. The van der Waals surface area contributed by atoms with Crippen LogP contribution in [0.4, 0.5) is 5.95 Å². The average molecular weight is 216 g/mol. The zero-order chi connectivity index (χ0) is 11.2. The lowest BCUT2D eigenvalue weighted by Crippen LogP contribution is -2.02. The molecule has 0 bridgehead atoms. The van der Waals surface area contributed by atoms with E-state index in [1.54, 1.807) is 24.7 Å². The Hall–Kier alpha value is -2.17. The van der Waals surface area contributed by atoms with Gasteiger partial charge in [-0.2, -0.15) is 4.98 Å². The molecule has 0 aromatic carbocycles. The van der Waals surface area contributed by atoms with E-state index in [0.29, 0.717) is 17.6 Å². The molecular formula is C11H12N4O. The molecule has 0 amide bonds. The second kappa shape index (κ2) is 5.06. The molecule has 0 aliphatic heterocycles. The maximum atomic E-state index is 5.51. The smallest absolute Gasteiger partial charge is 0.225 e. The van der Waals surface area contributed by atoms with Crippen LogP contribution in [0.3, 0.4) is 0 Å². The molecule has 2 heterocycles. The van der Waals surface area contributed by atoms with Crippen molar-refractivity contribution in [3.8, 4) is 11.6 Å². The largest absolute Gasteiger partial charge is 0.437 e. The minimum atomic E-state index is 0.499. The van der Waals surface area contributed by atoms with Gasteiger partial charge in [0.2, 0.25) is 11.8 Å². The number of ether oxygens (including phenoxy) is 1. The summed E-state index contributed by atoms with van der Waals surface area (Å²) in [5.74, 6) is 1.71. The molecule has 0 radical (unpaired) electrons. The standard InChI is InChI=1S/C11H12N4O/c1-2-13-11-14-7-5-10(15-11)16-9-4-3-6-12-8-9/h3-8H,2H2,1H3,(H,13,14,15). The highest BCUT2D eigenvalue weighted by Gasteiger charge is 2.00. The van der Waals surface area contributed by atoms with Crippen LogP contribution >= 0.6 is 0 Å². The van der Waals surface area contributed by atoms with Gasteiger partial charge >= 0.3 is 0 Å². The van der Waals surface area contributed by atoms with Crippen LogP contribution in [0.5, 0.6) is 11.6 Å². The molecule has 2 rings (SSSR count). The van der Waals surface area contributed by atoms with Gasteiger partial charge in [0.15, 0.2) is 0 Å². The fourth-order valence-corrected chi connectivity index (χ4v) is 1.17. The molecule has 82 valence electrons. The molecule has 0 aliphatic carbocycles. The molecule has 0 fully saturated rings. The Kier molecular flexibility index (Phi) is 3.28. The number of nitrogens with one attached hydrogen (secondary N) is 1. The quantitative estimate of drug-likeness (QED) is 0.848. The molecule has 5 heteroatoms. The lowest BCUT2D eigenvalue weighted by molar-refractivity contribution is 0.460. The van der Waals surface area contributed by atoms with Gasteiger partial charge in [0.1, 0.15) is 5.75 Å². The van der Waals surface area contributed by atoms with Gasteiger partial charge in [-0.1, -0.05) is 0 Å². The van der Waals surface area contributed by atoms with Crippen molar-refractivity contribution in [2.24, 2.45) is 0 Å². The number of rotatable bonds is 4. The molecule has 0 aliphatic rings. The van der Waals surface area contributed by atoms with Crippen molar-refractivity contribution >= 4 is 5.95 Å². The first-order chi connectivity index (χ1) is 7.88. The monoisotopic (exact) mass is 216 g/mol. The van der Waals surface area contributed by atoms with Crippen LogP contribution in [0.25, 0.3) is 0 Å². The van der Waals surface area contributed by atoms with Crippen LogP contribution in [0.2, 0.25) is 0 Å². The molecular weight excluding hydrogens is 204 g/mol. The van der Waals surface area contributed by atoms with E-state index in [-0.39, 0.29) is 0 Å². The first-order valence-electron chi connectivity index (χ1n) is 5.03. The predicted octanol–water partition coefficient (Wildman–Crippen LogP) is 2.10. The fraction of sp³-hybridized carbons (Fsp3) is 0.182. The Morgan fingerprint density at radius 1 is 1.31 bits per heavy atom. The zero-order valence-electron chi connectivity index (χ0n) is 8.92. The van der Waals surface area contributed by atoms with Gasteiger partial charge < -0.3 is 10.1 Å². The average Bonchev–Trinajstić information content (AvgIpc) is 2.31. The first kappa shape index (κ1) is 10.4. The molecule has 1 N–H and O–H groups in total. The molecule has 0 unspecified atom stereocenters. The number of nitrogens with zero attached hydrogens (tertiary/aromatic N) is 3. The summed E-state index contributed by atoms with van der Waals surface area (Å²) in [7, 11) is 0. The van der Waals surface area contributed by atoms with Gasteiger partial charge in [-0.25, -0.2) is 4.98 Å². The van der Waals surface area contributed by atoms with Crippen LogP contribution in [-0.4, -0.2) is 21.5 Å². The van der Waals surface area contributed by atoms with Crippen molar-refractivity contribution in [1.82, 2.24) is 15.0 Å². The van der Waals surface area contributed by atoms with E-state index in [0.717, 1.165) is 6.54 Å². The summed E-state index contributed by atoms with van der Waals surface area (Å²) in [6.45, 7) is 2.76. The van der Waals surface area contributed by atoms with Crippen LogP contribution in [0.15, 0.2) is 36.8 Å². The Labute approximate surface area is 93.5 Å². The SMILES string of the molecule is CCNc1nccc(Oc2cccnc2)n1. The van der Waals surface area contributed by atoms with Gasteiger partial charge in [0.25, 0.3) is 0 Å². The number of pyridine rings is 1. The van der Waals surface area contributed by atoms with Gasteiger partial charge in [-0.3, -0.25) is 4.98 Å². The summed E-state index contributed by atoms with van der Waals surface area (Å²) in [4.78, 5) is 12.2. The van der Waals surface area contributed by atoms with Gasteiger partial charge in [0, 0.05) is 25.0 Å². The van der Waals surface area contributed by atoms with Crippen molar-refractivity contribution in [1.29, 1.82) is 0 Å². The normalized spacial score (nSPS) is 9.81. The number of aromatic nitrogens is 3. The molecule has 0 spiro atoms. The van der Waals surface area contributed by atoms with E-state index >= 15 is 0 Å². The van der Waals surface area contributed by atoms with E-state index in [1.807, 2.05) is 19.1 Å². The van der Waals surface area contributed by atoms with E-state index in [1.165, 1.54) is 0 Å². The second-order valence-electron chi connectivity index (χ2n) is 3.04. The summed E-state index contributed by atoms with van der Waals surface area (Å²) >= 11 is 0. The highest BCUT2D eigenvalue weighted by Crippen LogP contribution is 2.17. The molecule has 5 nitrogen and oxygen atoms in total. The zero-order valence-corrected chi connectivity index (χ0v) is 8.92. The fourth-order valence-electron chi connectivity index (χ4n) is 1.17. The maximum Gasteiger partial charge on any atom is 0.225 e. The minimum absolute atomic E-state index is 0.499. The maximum absolute atomic E-state index is 5.51. The highest BCUT2D eigenvalue weighted by atomic mass is 16.5. The van der Waals surface area contributed by atoms with Crippen LogP contribution in [0, 0.1) is 0 Å². The van der Waals surface area contributed by atoms with E-state index in [4.69, 9.17) is 4.74 Å². The number of hydrogen-bond donors (Lipinski definition) is 1. The lowest BCUT2D eigenvalue weighted by Gasteiger charge is -2.05. The third-order valence-corrected chi connectivity index (χ3v) is 1.82. The summed E-state index contributed by atoms with van der Waals surface area (Å²) in [5, 5.41) is 3.02. The first-order valence-corrected chi connectivity index (χ1v) is 5.03. The third kappa shape index (κ3) is 2.66. The van der Waals surface area contributed by atoms with E-state index in [2.05, 4.69) is 20.3 Å². The highest BCUT2D eigenvalue weighted by molar-refractivity contribution is 5.29. The summed E-state index contributed by atoms with van der Waals surface area (Å²) in [6.07, 6.45) is 4.97. The number of anilines is 1. The van der Waals surface area contributed by atoms with Crippen LogP contribution < -0.4 is 10.1 Å². The Bertz CT molecular complexity index is 447. The van der Waals surface area contributed by atoms with Crippen molar-refractivity contribution in [2.75, 3.05) is 11.9 Å². The molecule has 0 atom stereocenters. The topological polar surface area (TPSA) is 59.9 Å². The van der Waals surface area contributed by atoms with Crippen molar-refractivity contribution in [2.45, 2.75) is 6.92 Å². The van der Waals surface area contributed by atoms with Gasteiger partial charge in [0.05, 0.1) is 6.20 Å². The van der Waals surface area contributed by atoms with Crippen molar-refractivity contribution < 1.29 is 4.74 Å². The molecule has 0 saturated carbocycles. The van der Waals surface area contributed by atoms with E-state index < -0.39 is 0 Å². The van der Waals surface area contributed by atoms with Gasteiger partial charge in [-0.15, -0.1) is 0 Å². The Morgan fingerprint density at radius 3 is 3.00 bits per heavy atom. The van der Waals surface area contributed by atoms with Crippen molar-refractivity contribution in [3.05, 3.63) is 36.8 Å². The summed E-state index contributed by atoms with van der Waals surface area (Å²) in [6, 6.07) is 5.33. The van der Waals surface area contributed by atoms with Gasteiger partial charge in [-0.05, 0) is 19.1 Å². The molecule has 2 aromatic rings. The minimum Gasteiger partial charge on any atom is -0.437 e. The molecule has 0 saturated heterocycles. The van der Waals surface area contributed by atoms with Crippen molar-refractivity contribution in [3.63, 3.8) is 0 Å². The van der Waals surface area contributed by atoms with Crippen LogP contribution in [-0.2, 0) is 0 Å². The molecule has 2 aromatic heterocycles. The second-order valence-corrected chi connectivity index (χ2v) is 3.04. The lowest BCUT2D eigenvalue weighted by atomic mass is 10.5. The Morgan fingerprint density at radius 2 is 2.25 bits per heavy atom. The van der Waals surface area contributed by atoms with Crippen LogP contribution in [0.1, 0.15) is 6.92 Å².